The van der Waals surface area contributed by atoms with Crippen LogP contribution in [0, 0.1) is 0 Å². The maximum Gasteiger partial charge on any atom is 0.295 e. The zero-order valence-electron chi connectivity index (χ0n) is 6.55. The molecule has 0 amide bonds. The van der Waals surface area contributed by atoms with E-state index in [1.807, 2.05) is 0 Å². The van der Waals surface area contributed by atoms with Crippen molar-refractivity contribution in [3.8, 4) is 0 Å². The van der Waals surface area contributed by atoms with Crippen molar-refractivity contribution >= 4 is 20.2 Å². The molecule has 2 radical (unpaired) electrons. The van der Waals surface area contributed by atoms with Crippen LogP contribution in [0.1, 0.15) is 0 Å². The van der Waals surface area contributed by atoms with Crippen LogP contribution in [0.4, 0.5) is 0 Å². The van der Waals surface area contributed by atoms with Crippen LogP contribution >= 0.6 is 0 Å². The summed E-state index contributed by atoms with van der Waals surface area (Å²) in [5.41, 5.74) is -5.96. The van der Waals surface area contributed by atoms with Crippen LogP contribution in [0.25, 0.3) is 0 Å². The van der Waals surface area contributed by atoms with Crippen LogP contribution in [-0.2, 0) is 85.7 Å². The van der Waals surface area contributed by atoms with E-state index in [2.05, 4.69) is 0 Å². The average molecular weight is 400 g/mol. The SMILES string of the molecule is O=S(=O)(O)C(O)C(O)S(=O)(=O)O.[Y].[Y]. The van der Waals surface area contributed by atoms with E-state index in [-0.39, 0.29) is 65.4 Å². The molecule has 4 N–H and O–H groups in total. The van der Waals surface area contributed by atoms with Crippen molar-refractivity contribution in [1.82, 2.24) is 0 Å². The Morgan fingerprint density at radius 1 is 0.714 bits per heavy atom. The van der Waals surface area contributed by atoms with Gasteiger partial charge in [-0.1, -0.05) is 0 Å². The molecule has 0 aromatic heterocycles. The molecule has 14 heavy (non-hydrogen) atoms. The number of hydrogen-bond acceptors (Lipinski definition) is 6. The Hall–Kier alpha value is 1.95. The zero-order chi connectivity index (χ0) is 10.2. The quantitative estimate of drug-likeness (QED) is 0.377. The van der Waals surface area contributed by atoms with E-state index in [9.17, 15) is 16.8 Å². The second-order valence-electron chi connectivity index (χ2n) is 1.81. The smallest absolute Gasteiger partial charge is 0.295 e. The van der Waals surface area contributed by atoms with E-state index < -0.39 is 31.1 Å². The fourth-order valence-corrected chi connectivity index (χ4v) is 1.73. The molecule has 0 aromatic rings. The van der Waals surface area contributed by atoms with Crippen molar-refractivity contribution in [3.63, 3.8) is 0 Å². The number of aliphatic hydroxyl groups excluding tert-OH is 2. The first-order valence-corrected chi connectivity index (χ1v) is 5.36. The van der Waals surface area contributed by atoms with E-state index in [1.54, 1.807) is 0 Å². The maximum atomic E-state index is 9.99. The van der Waals surface area contributed by atoms with E-state index >= 15 is 0 Å². The molecule has 0 rings (SSSR count). The van der Waals surface area contributed by atoms with Crippen LogP contribution in [0.15, 0.2) is 0 Å². The molecule has 80 valence electrons. The summed E-state index contributed by atoms with van der Waals surface area (Å²) in [6.07, 6.45) is 0. The molecule has 0 aliphatic rings. The normalized spacial score (nSPS) is 16.0. The van der Waals surface area contributed by atoms with Crippen molar-refractivity contribution in [3.05, 3.63) is 0 Å². The van der Waals surface area contributed by atoms with Crippen LogP contribution in [0.3, 0.4) is 0 Å². The van der Waals surface area contributed by atoms with Crippen LogP contribution in [0.2, 0.25) is 0 Å². The third-order valence-electron chi connectivity index (χ3n) is 0.854. The summed E-state index contributed by atoms with van der Waals surface area (Å²) < 4.78 is 56.0. The monoisotopic (exact) mass is 400 g/mol. The summed E-state index contributed by atoms with van der Waals surface area (Å²) >= 11 is 0. The second kappa shape index (κ2) is 7.31. The molecular formula is C2H6O8S2Y2. The van der Waals surface area contributed by atoms with Crippen molar-refractivity contribution < 1.29 is 102 Å². The number of hydrogen-bond donors (Lipinski definition) is 4. The van der Waals surface area contributed by atoms with Gasteiger partial charge in [0.25, 0.3) is 20.2 Å². The standard InChI is InChI=1S/C2H6O8S2.2Y/c3-1(11(5,6)7)2(4)12(8,9)10;;/h1-4H,(H,5,6,7)(H,8,9,10);;. The van der Waals surface area contributed by atoms with Crippen molar-refractivity contribution in [2.75, 3.05) is 0 Å². The largest absolute Gasteiger partial charge is 0.372 e. The molecule has 2 unspecified atom stereocenters. The van der Waals surface area contributed by atoms with Gasteiger partial charge in [-0.3, -0.25) is 9.11 Å². The molecule has 12 heteroatoms. The van der Waals surface area contributed by atoms with Crippen molar-refractivity contribution in [1.29, 1.82) is 0 Å². The first-order chi connectivity index (χ1) is 5.07. The van der Waals surface area contributed by atoms with Gasteiger partial charge in [0, 0.05) is 65.4 Å². The van der Waals surface area contributed by atoms with Gasteiger partial charge in [-0.2, -0.15) is 16.8 Å². The summed E-state index contributed by atoms with van der Waals surface area (Å²) in [7, 11) is -10.2. The summed E-state index contributed by atoms with van der Waals surface area (Å²) in [5.74, 6) is 0. The molecule has 2 atom stereocenters. The fourth-order valence-electron chi connectivity index (χ4n) is 0.294. The van der Waals surface area contributed by atoms with Gasteiger partial charge in [0.15, 0.2) is 0 Å². The minimum atomic E-state index is -5.12. The Morgan fingerprint density at radius 3 is 0.929 bits per heavy atom. The average Bonchev–Trinajstić information content (AvgIpc) is 1.80. The summed E-state index contributed by atoms with van der Waals surface area (Å²) in [6, 6.07) is 0. The van der Waals surface area contributed by atoms with Crippen molar-refractivity contribution in [2.24, 2.45) is 0 Å². The van der Waals surface area contributed by atoms with E-state index in [1.165, 1.54) is 0 Å². The van der Waals surface area contributed by atoms with Gasteiger partial charge in [-0.25, -0.2) is 0 Å². The van der Waals surface area contributed by atoms with Crippen LogP contribution in [0.5, 0.6) is 0 Å². The second-order valence-corrected chi connectivity index (χ2v) is 4.84. The van der Waals surface area contributed by atoms with Gasteiger partial charge in [-0.15, -0.1) is 0 Å². The predicted molar refractivity (Wildman–Crippen MR) is 35.1 cm³/mol. The minimum absolute atomic E-state index is 0. The Bertz CT molecular complexity index is 308. The van der Waals surface area contributed by atoms with Crippen LogP contribution in [-0.4, -0.2) is 47.0 Å². The molecule has 8 nitrogen and oxygen atoms in total. The van der Waals surface area contributed by atoms with E-state index in [0.29, 0.717) is 0 Å². The topological polar surface area (TPSA) is 149 Å². The van der Waals surface area contributed by atoms with E-state index in [0.717, 1.165) is 0 Å². The first-order valence-electron chi connectivity index (χ1n) is 2.35. The molecule has 0 saturated heterocycles. The molecule has 0 bridgehead atoms. The van der Waals surface area contributed by atoms with Crippen LogP contribution < -0.4 is 0 Å². The third kappa shape index (κ3) is 7.26. The van der Waals surface area contributed by atoms with Gasteiger partial charge in [0.1, 0.15) is 0 Å². The number of aliphatic hydroxyl groups is 2. The molecule has 0 spiro atoms. The Balaban J connectivity index is -0.000000605. The van der Waals surface area contributed by atoms with Crippen molar-refractivity contribution in [2.45, 2.75) is 10.9 Å². The summed E-state index contributed by atoms with van der Waals surface area (Å²) in [4.78, 5) is 0. The molecule has 0 aromatic carbocycles. The minimum Gasteiger partial charge on any atom is -0.372 e. The molecular weight excluding hydrogens is 394 g/mol. The van der Waals surface area contributed by atoms with Gasteiger partial charge < -0.3 is 10.2 Å². The zero-order valence-corrected chi connectivity index (χ0v) is 13.9. The van der Waals surface area contributed by atoms with Gasteiger partial charge in [0.05, 0.1) is 0 Å². The fraction of sp³-hybridized carbons (Fsp3) is 1.00. The molecule has 0 fully saturated rings. The Morgan fingerprint density at radius 2 is 0.857 bits per heavy atom. The van der Waals surface area contributed by atoms with Gasteiger partial charge in [-0.05, 0) is 0 Å². The van der Waals surface area contributed by atoms with E-state index in [4.69, 9.17) is 19.3 Å². The summed E-state index contributed by atoms with van der Waals surface area (Å²) in [6.45, 7) is 0. The molecule has 0 aliphatic heterocycles. The first kappa shape index (κ1) is 21.3. The van der Waals surface area contributed by atoms with Gasteiger partial charge in [0.2, 0.25) is 10.9 Å². The Labute approximate surface area is 131 Å². The number of rotatable bonds is 3. The Kier molecular flexibility index (Phi) is 11.1. The third-order valence-corrected chi connectivity index (χ3v) is 2.76. The summed E-state index contributed by atoms with van der Waals surface area (Å²) in [5, 5.41) is 16.7. The maximum absolute atomic E-state index is 9.99. The molecule has 0 heterocycles. The molecule has 0 saturated carbocycles. The molecule has 0 aliphatic carbocycles. The van der Waals surface area contributed by atoms with Gasteiger partial charge >= 0.3 is 0 Å². The predicted octanol–water partition coefficient (Wildman–Crippen LogP) is -2.61.